The van der Waals surface area contributed by atoms with E-state index in [0.29, 0.717) is 25.2 Å². The molecule has 0 heterocycles. The molecule has 2 atom stereocenters. The molecule has 3 N–H and O–H groups in total. The number of Topliss-reactive ketones (excluding diaryl/α,β-unsaturated/α-hetero) is 1. The van der Waals surface area contributed by atoms with Crippen molar-refractivity contribution < 1.29 is 9.90 Å². The van der Waals surface area contributed by atoms with Gasteiger partial charge in [-0.05, 0) is 25.2 Å². The molecule has 1 aromatic rings. The molecular weight excluding hydrogens is 274 g/mol. The molecule has 1 fully saturated rings. The number of ketones is 1. The second-order valence-electron chi connectivity index (χ2n) is 6.65. The molecule has 22 heavy (non-hydrogen) atoms. The summed E-state index contributed by atoms with van der Waals surface area (Å²) in [6, 6.07) is 9.20. The molecule has 3 nitrogen and oxygen atoms in total. The number of hydrogen-bond acceptors (Lipinski definition) is 3. The summed E-state index contributed by atoms with van der Waals surface area (Å²) >= 11 is 0. The molecule has 3 heteroatoms. The quantitative estimate of drug-likeness (QED) is 0.720. The lowest BCUT2D eigenvalue weighted by atomic mass is 9.83. The minimum absolute atomic E-state index is 0.144. The molecule has 0 aromatic heterocycles. The Kier molecular flexibility index (Phi) is 7.07. The molecule has 0 bridgehead atoms. The highest BCUT2D eigenvalue weighted by Crippen LogP contribution is 2.28. The number of carbonyl (C=O) groups excluding carboxylic acids is 1. The van der Waals surface area contributed by atoms with Crippen LogP contribution in [0, 0.1) is 5.92 Å². The number of rotatable bonds is 8. The van der Waals surface area contributed by atoms with Crippen LogP contribution in [-0.4, -0.2) is 23.0 Å². The predicted molar refractivity (Wildman–Crippen MR) is 89.8 cm³/mol. The van der Waals surface area contributed by atoms with Crippen molar-refractivity contribution in [3.63, 3.8) is 0 Å². The van der Waals surface area contributed by atoms with Crippen LogP contribution < -0.4 is 5.73 Å². The molecule has 0 amide bonds. The molecule has 1 aliphatic carbocycles. The summed E-state index contributed by atoms with van der Waals surface area (Å²) in [6.07, 6.45) is 8.71. The van der Waals surface area contributed by atoms with Gasteiger partial charge in [0, 0.05) is 18.0 Å². The summed E-state index contributed by atoms with van der Waals surface area (Å²) in [7, 11) is 0. The maximum atomic E-state index is 12.0. The Morgan fingerprint density at radius 3 is 2.55 bits per heavy atom. The molecular formula is C19H29NO2. The van der Waals surface area contributed by atoms with Gasteiger partial charge in [0.2, 0.25) is 0 Å². The Balaban J connectivity index is 1.66. The molecule has 0 spiro atoms. The molecule has 2 unspecified atom stereocenters. The third kappa shape index (κ3) is 5.54. The van der Waals surface area contributed by atoms with E-state index in [1.54, 1.807) is 0 Å². The monoisotopic (exact) mass is 303 g/mol. The van der Waals surface area contributed by atoms with Crippen LogP contribution in [0.1, 0.15) is 68.1 Å². The van der Waals surface area contributed by atoms with Gasteiger partial charge >= 0.3 is 0 Å². The predicted octanol–water partition coefficient (Wildman–Crippen LogP) is 3.70. The molecule has 1 aliphatic rings. The zero-order valence-corrected chi connectivity index (χ0v) is 13.4. The average molecular weight is 303 g/mol. The highest BCUT2D eigenvalue weighted by molar-refractivity contribution is 5.95. The van der Waals surface area contributed by atoms with Gasteiger partial charge in [-0.3, -0.25) is 4.79 Å². The number of carbonyl (C=O) groups is 1. The maximum absolute atomic E-state index is 12.0. The lowest BCUT2D eigenvalue weighted by Gasteiger charge is -2.27. The van der Waals surface area contributed by atoms with Crippen molar-refractivity contribution in [2.75, 3.05) is 0 Å². The third-order valence-corrected chi connectivity index (χ3v) is 4.82. The van der Waals surface area contributed by atoms with E-state index in [-0.39, 0.29) is 11.8 Å². The van der Waals surface area contributed by atoms with Gasteiger partial charge in [-0.25, -0.2) is 0 Å². The van der Waals surface area contributed by atoms with Gasteiger partial charge in [0.15, 0.2) is 5.78 Å². The fraction of sp³-hybridized carbons (Fsp3) is 0.632. The van der Waals surface area contributed by atoms with E-state index in [9.17, 15) is 9.90 Å². The molecule has 0 aliphatic heterocycles. The van der Waals surface area contributed by atoms with Crippen LogP contribution in [0.15, 0.2) is 30.3 Å². The lowest BCUT2D eigenvalue weighted by molar-refractivity contribution is 0.0947. The summed E-state index contributed by atoms with van der Waals surface area (Å²) in [5.74, 6) is 0.831. The van der Waals surface area contributed by atoms with Crippen LogP contribution in [0.5, 0.6) is 0 Å². The number of hydrogen-bond donors (Lipinski definition) is 2. The summed E-state index contributed by atoms with van der Waals surface area (Å²) in [6.45, 7) is 0. The average Bonchev–Trinajstić information content (AvgIpc) is 2.56. The van der Waals surface area contributed by atoms with Crippen LogP contribution in [0.2, 0.25) is 0 Å². The molecule has 0 radical (unpaired) electrons. The topological polar surface area (TPSA) is 63.3 Å². The Morgan fingerprint density at radius 1 is 1.18 bits per heavy atom. The smallest absolute Gasteiger partial charge is 0.162 e. The van der Waals surface area contributed by atoms with E-state index in [1.807, 2.05) is 30.3 Å². The van der Waals surface area contributed by atoms with Crippen molar-refractivity contribution >= 4 is 5.78 Å². The normalized spacial score (nSPS) is 18.8. The third-order valence-electron chi connectivity index (χ3n) is 4.82. The summed E-state index contributed by atoms with van der Waals surface area (Å²) in [4.78, 5) is 12.0. The first-order valence-corrected chi connectivity index (χ1v) is 8.68. The standard InChI is InChI=1S/C19H29NO2/c20-17(14-15-8-3-1-4-9-15)19(22)13-7-12-18(21)16-10-5-2-6-11-16/h2,5-6,10-11,15,17,19,22H,1,3-4,7-9,12-14,20H2. The highest BCUT2D eigenvalue weighted by atomic mass is 16.3. The van der Waals surface area contributed by atoms with Crippen molar-refractivity contribution in [1.82, 2.24) is 0 Å². The van der Waals surface area contributed by atoms with Crippen molar-refractivity contribution in [3.8, 4) is 0 Å². The van der Waals surface area contributed by atoms with Crippen LogP contribution >= 0.6 is 0 Å². The Labute approximate surface area is 133 Å². The molecule has 2 rings (SSSR count). The van der Waals surface area contributed by atoms with E-state index >= 15 is 0 Å². The van der Waals surface area contributed by atoms with E-state index in [4.69, 9.17) is 5.73 Å². The van der Waals surface area contributed by atoms with Crippen molar-refractivity contribution in [2.24, 2.45) is 11.7 Å². The van der Waals surface area contributed by atoms with Gasteiger partial charge in [-0.2, -0.15) is 0 Å². The Hall–Kier alpha value is -1.19. The van der Waals surface area contributed by atoms with Crippen LogP contribution in [-0.2, 0) is 0 Å². The van der Waals surface area contributed by atoms with Gasteiger partial charge < -0.3 is 10.8 Å². The van der Waals surface area contributed by atoms with Crippen molar-refractivity contribution in [3.05, 3.63) is 35.9 Å². The number of nitrogens with two attached hydrogens (primary N) is 1. The number of aliphatic hydroxyl groups is 1. The molecule has 0 saturated heterocycles. The molecule has 1 saturated carbocycles. The van der Waals surface area contributed by atoms with Gasteiger partial charge in [0.05, 0.1) is 6.10 Å². The summed E-state index contributed by atoms with van der Waals surface area (Å²) in [5.41, 5.74) is 6.89. The van der Waals surface area contributed by atoms with E-state index in [1.165, 1.54) is 32.1 Å². The van der Waals surface area contributed by atoms with Crippen LogP contribution in [0.4, 0.5) is 0 Å². The SMILES string of the molecule is NC(CC1CCCCC1)C(O)CCCC(=O)c1ccccc1. The van der Waals surface area contributed by atoms with E-state index in [0.717, 1.165) is 12.0 Å². The summed E-state index contributed by atoms with van der Waals surface area (Å²) < 4.78 is 0. The first-order valence-electron chi connectivity index (χ1n) is 8.68. The van der Waals surface area contributed by atoms with E-state index in [2.05, 4.69) is 0 Å². The second-order valence-corrected chi connectivity index (χ2v) is 6.65. The number of benzene rings is 1. The number of aliphatic hydroxyl groups excluding tert-OH is 1. The minimum atomic E-state index is -0.481. The zero-order chi connectivity index (χ0) is 15.8. The van der Waals surface area contributed by atoms with Crippen molar-refractivity contribution in [2.45, 2.75) is 69.9 Å². The first kappa shape index (κ1) is 17.2. The Morgan fingerprint density at radius 2 is 1.86 bits per heavy atom. The van der Waals surface area contributed by atoms with Crippen LogP contribution in [0.25, 0.3) is 0 Å². The second kappa shape index (κ2) is 9.06. The first-order chi connectivity index (χ1) is 10.7. The van der Waals surface area contributed by atoms with Crippen molar-refractivity contribution in [1.29, 1.82) is 0 Å². The zero-order valence-electron chi connectivity index (χ0n) is 13.4. The Bertz CT molecular complexity index is 440. The van der Waals surface area contributed by atoms with Gasteiger partial charge in [-0.1, -0.05) is 62.4 Å². The highest BCUT2D eigenvalue weighted by Gasteiger charge is 2.21. The van der Waals surface area contributed by atoms with E-state index < -0.39 is 6.10 Å². The van der Waals surface area contributed by atoms with Gasteiger partial charge in [-0.15, -0.1) is 0 Å². The van der Waals surface area contributed by atoms with Crippen LogP contribution in [0.3, 0.4) is 0 Å². The maximum Gasteiger partial charge on any atom is 0.162 e. The lowest BCUT2D eigenvalue weighted by Crippen LogP contribution is -2.36. The van der Waals surface area contributed by atoms with Gasteiger partial charge in [0.25, 0.3) is 0 Å². The fourth-order valence-electron chi connectivity index (χ4n) is 3.42. The largest absolute Gasteiger partial charge is 0.392 e. The van der Waals surface area contributed by atoms with Gasteiger partial charge in [0.1, 0.15) is 0 Å². The molecule has 122 valence electrons. The minimum Gasteiger partial charge on any atom is -0.392 e. The molecule has 1 aromatic carbocycles. The summed E-state index contributed by atoms with van der Waals surface area (Å²) in [5, 5.41) is 10.2. The fourth-order valence-corrected chi connectivity index (χ4v) is 3.42.